The van der Waals surface area contributed by atoms with Crippen LogP contribution in [-0.4, -0.2) is 14.4 Å². The molecule has 0 saturated carbocycles. The van der Waals surface area contributed by atoms with Gasteiger partial charge in [0.25, 0.3) is 5.91 Å². The summed E-state index contributed by atoms with van der Waals surface area (Å²) in [6.45, 7) is -0.794. The van der Waals surface area contributed by atoms with E-state index in [0.717, 1.165) is 21.7 Å². The number of phosphoric acid groups is 1. The predicted octanol–water partition coefficient (Wildman–Crippen LogP) is -4.38. The van der Waals surface area contributed by atoms with Gasteiger partial charge in [0.1, 0.15) is 6.73 Å². The van der Waals surface area contributed by atoms with E-state index in [-0.39, 0.29) is 76.0 Å². The number of rotatable bonds is 6. The first-order valence-electron chi connectivity index (χ1n) is 8.19. The minimum absolute atomic E-state index is 0. The van der Waals surface area contributed by atoms with Crippen molar-refractivity contribution >= 4 is 48.5 Å². The van der Waals surface area contributed by atoms with Crippen LogP contribution in [0.2, 0.25) is 10.0 Å². The summed E-state index contributed by atoms with van der Waals surface area (Å²) in [5.41, 5.74) is 0.228. The molecule has 0 atom stereocenters. The van der Waals surface area contributed by atoms with Crippen molar-refractivity contribution in [2.75, 3.05) is 0 Å². The first-order valence-corrected chi connectivity index (χ1v) is 11.2. The number of benzene rings is 2. The van der Waals surface area contributed by atoms with Crippen molar-refractivity contribution in [3.63, 3.8) is 0 Å². The maximum Gasteiger partial charge on any atom is 1.00 e. The van der Waals surface area contributed by atoms with Crippen LogP contribution in [0.15, 0.2) is 58.3 Å². The smallest absolute Gasteiger partial charge is 0.790 e. The van der Waals surface area contributed by atoms with E-state index in [4.69, 9.17) is 23.2 Å². The number of phosphoric ester groups is 1. The van der Waals surface area contributed by atoms with Gasteiger partial charge in [-0.3, -0.25) is 4.79 Å². The average Bonchev–Trinajstić information content (AvgIpc) is 2.96. The van der Waals surface area contributed by atoms with Gasteiger partial charge < -0.3 is 18.9 Å². The molecule has 0 radical (unpaired) electrons. The van der Waals surface area contributed by atoms with E-state index in [1.807, 2.05) is 0 Å². The SMILES string of the molecule is O=C(N=c1sn(Cc2ccc(Cl)cc2)c(=O)n1COP(=O)([O-])[O-])c1ccc(Cl)cc1.[Na+].[Na+]. The third-order valence-electron chi connectivity index (χ3n) is 3.74. The topological polar surface area (TPSA) is 129 Å². The molecule has 1 heterocycles. The zero-order chi connectivity index (χ0) is 21.9. The number of carbonyl (C=O) groups is 1. The summed E-state index contributed by atoms with van der Waals surface area (Å²) < 4.78 is 17.1. The first-order chi connectivity index (χ1) is 14.1. The monoisotopic (exact) mass is 533 g/mol. The van der Waals surface area contributed by atoms with Crippen molar-refractivity contribution in [2.24, 2.45) is 4.99 Å². The first kappa shape index (κ1) is 30.0. The Bertz CT molecular complexity index is 1240. The zero-order valence-electron chi connectivity index (χ0n) is 16.9. The fraction of sp³-hybridized carbons (Fsp3) is 0.118. The quantitative estimate of drug-likeness (QED) is 0.232. The summed E-state index contributed by atoms with van der Waals surface area (Å²) in [7, 11) is -5.35. The third-order valence-corrected chi connectivity index (χ3v) is 5.66. The van der Waals surface area contributed by atoms with Crippen molar-refractivity contribution < 1.29 is 82.8 Å². The Labute approximate surface area is 240 Å². The van der Waals surface area contributed by atoms with E-state index < -0.39 is 26.2 Å². The summed E-state index contributed by atoms with van der Waals surface area (Å²) in [5, 5.41) is 0.946. The Morgan fingerprint density at radius 3 is 2.09 bits per heavy atom. The number of hydrogen-bond donors (Lipinski definition) is 0. The summed E-state index contributed by atoms with van der Waals surface area (Å²) in [6.07, 6.45) is 0. The van der Waals surface area contributed by atoms with E-state index in [0.29, 0.717) is 10.0 Å². The molecule has 15 heteroatoms. The standard InChI is InChI=1S/C17H14Cl2N3O6PS.2Na/c18-13-5-1-11(2-6-13)9-22-17(24)21(10-28-29(25,26)27)16(30-22)20-15(23)12-3-7-14(19)8-4-12;;/h1-8H,9-10H2,(H2,25,26,27);;/q;2*+1/p-2. The van der Waals surface area contributed by atoms with Crippen LogP contribution in [0.4, 0.5) is 0 Å². The molecule has 0 spiro atoms. The van der Waals surface area contributed by atoms with Crippen LogP contribution in [-0.2, 0) is 22.4 Å². The largest absolute Gasteiger partial charge is 1.00 e. The predicted molar refractivity (Wildman–Crippen MR) is 107 cm³/mol. The number of aromatic nitrogens is 2. The molecule has 0 aliphatic rings. The number of amides is 1. The van der Waals surface area contributed by atoms with Gasteiger partial charge in [-0.15, -0.1) is 0 Å². The number of nitrogens with zero attached hydrogens (tertiary/aromatic N) is 3. The van der Waals surface area contributed by atoms with Crippen LogP contribution in [0.25, 0.3) is 0 Å². The second-order valence-electron chi connectivity index (χ2n) is 5.88. The summed E-state index contributed by atoms with van der Waals surface area (Å²) >= 11 is 12.5. The number of halogens is 2. The molecular formula is C17H12Cl2N3Na2O6PS. The van der Waals surface area contributed by atoms with Crippen molar-refractivity contribution in [3.8, 4) is 0 Å². The molecule has 3 aromatic rings. The second-order valence-corrected chi connectivity index (χ2v) is 8.89. The molecule has 0 aliphatic carbocycles. The van der Waals surface area contributed by atoms with Crippen LogP contribution in [0.5, 0.6) is 0 Å². The second kappa shape index (κ2) is 13.2. The van der Waals surface area contributed by atoms with Gasteiger partial charge in [0.2, 0.25) is 4.80 Å². The molecule has 9 nitrogen and oxygen atoms in total. The maximum atomic E-state index is 12.7. The van der Waals surface area contributed by atoms with Crippen LogP contribution in [0.3, 0.4) is 0 Å². The zero-order valence-corrected chi connectivity index (χ0v) is 24.2. The minimum atomic E-state index is -5.35. The van der Waals surface area contributed by atoms with E-state index >= 15 is 0 Å². The molecule has 3 rings (SSSR count). The molecule has 1 amide bonds. The Hall–Kier alpha value is -0.0400. The van der Waals surface area contributed by atoms with Crippen molar-refractivity contribution in [3.05, 3.63) is 85.0 Å². The average molecular weight is 534 g/mol. The Balaban J connectivity index is 0.00000256. The molecule has 1 aromatic heterocycles. The molecule has 0 unspecified atom stereocenters. The van der Waals surface area contributed by atoms with Gasteiger partial charge in [-0.25, -0.2) is 13.3 Å². The Kier molecular flexibility index (Phi) is 12.3. The molecule has 0 N–H and O–H groups in total. The normalized spacial score (nSPS) is 11.6. The van der Waals surface area contributed by atoms with Crippen LogP contribution < -0.4 is 79.4 Å². The van der Waals surface area contributed by atoms with Crippen LogP contribution >= 0.6 is 42.6 Å². The summed E-state index contributed by atoms with van der Waals surface area (Å²) in [5.74, 6) is -0.687. The number of carbonyl (C=O) groups excluding carboxylic acids is 1. The van der Waals surface area contributed by atoms with E-state index in [1.54, 1.807) is 24.3 Å². The molecule has 0 bridgehead atoms. The molecule has 32 heavy (non-hydrogen) atoms. The van der Waals surface area contributed by atoms with Gasteiger partial charge in [-0.05, 0) is 53.5 Å². The van der Waals surface area contributed by atoms with Crippen LogP contribution in [0.1, 0.15) is 15.9 Å². The van der Waals surface area contributed by atoms with Gasteiger partial charge in [0.05, 0.1) is 14.4 Å². The van der Waals surface area contributed by atoms with E-state index in [9.17, 15) is 23.9 Å². The van der Waals surface area contributed by atoms with Gasteiger partial charge in [0.15, 0.2) is 0 Å². The molecule has 2 aromatic carbocycles. The molecule has 0 fully saturated rings. The van der Waals surface area contributed by atoms with Crippen molar-refractivity contribution in [1.29, 1.82) is 0 Å². The molecule has 158 valence electrons. The maximum absolute atomic E-state index is 12.7. The van der Waals surface area contributed by atoms with Gasteiger partial charge in [-0.1, -0.05) is 35.3 Å². The van der Waals surface area contributed by atoms with Gasteiger partial charge in [0, 0.05) is 15.6 Å². The summed E-state index contributed by atoms with van der Waals surface area (Å²) in [6, 6.07) is 12.6. The minimum Gasteiger partial charge on any atom is -0.790 e. The molecule has 0 aliphatic heterocycles. The summed E-state index contributed by atoms with van der Waals surface area (Å²) in [4.78, 5) is 50.5. The Morgan fingerprint density at radius 2 is 1.56 bits per heavy atom. The fourth-order valence-corrected chi connectivity index (χ4v) is 3.77. The van der Waals surface area contributed by atoms with Crippen molar-refractivity contribution in [2.45, 2.75) is 13.3 Å². The fourth-order valence-electron chi connectivity index (χ4n) is 2.32. The molecular weight excluding hydrogens is 522 g/mol. The van der Waals surface area contributed by atoms with Crippen LogP contribution in [0, 0.1) is 0 Å². The molecule has 0 saturated heterocycles. The van der Waals surface area contributed by atoms with E-state index in [1.165, 1.54) is 28.2 Å². The van der Waals surface area contributed by atoms with E-state index in [2.05, 4.69) is 9.52 Å². The van der Waals surface area contributed by atoms with Gasteiger partial charge in [-0.2, -0.15) is 4.99 Å². The van der Waals surface area contributed by atoms with Crippen molar-refractivity contribution in [1.82, 2.24) is 8.52 Å². The number of hydrogen-bond acceptors (Lipinski definition) is 7. The van der Waals surface area contributed by atoms with Gasteiger partial charge >= 0.3 is 64.8 Å². The third kappa shape index (κ3) is 8.63. The Morgan fingerprint density at radius 1 is 1.03 bits per heavy atom.